The van der Waals surface area contributed by atoms with Crippen LogP contribution in [0.1, 0.15) is 17.8 Å². The van der Waals surface area contributed by atoms with Gasteiger partial charge in [-0.05, 0) is 42.7 Å². The molecule has 2 heterocycles. The Morgan fingerprint density at radius 1 is 1.21 bits per heavy atom. The number of para-hydroxylation sites is 2. The van der Waals surface area contributed by atoms with Crippen molar-refractivity contribution in [2.75, 3.05) is 31.6 Å². The second kappa shape index (κ2) is 9.75. The van der Waals surface area contributed by atoms with E-state index in [0.717, 1.165) is 13.1 Å². The molecule has 0 unspecified atom stereocenters. The molecule has 1 saturated heterocycles. The average molecular weight is 446 g/mol. The molecule has 0 spiro atoms. The van der Waals surface area contributed by atoms with Gasteiger partial charge in [0.2, 0.25) is 0 Å². The van der Waals surface area contributed by atoms with Crippen molar-refractivity contribution in [3.63, 3.8) is 0 Å². The number of nitrogens with zero attached hydrogens (tertiary/aromatic N) is 1. The van der Waals surface area contributed by atoms with E-state index in [9.17, 15) is 13.2 Å². The molecule has 1 aromatic carbocycles. The second-order valence-electron chi connectivity index (χ2n) is 6.54. The lowest BCUT2D eigenvalue weighted by Gasteiger charge is -2.38. The van der Waals surface area contributed by atoms with E-state index in [0.29, 0.717) is 13.2 Å². The van der Waals surface area contributed by atoms with E-state index in [-0.39, 0.29) is 28.6 Å². The third kappa shape index (κ3) is 6.30. The SMILES string of the molecule is C[C@H](NC(=S)Nc1ccccc1OC(F)(F)F)[C@H](c1cccs1)N1CCOCC1. The van der Waals surface area contributed by atoms with Gasteiger partial charge >= 0.3 is 6.36 Å². The van der Waals surface area contributed by atoms with Gasteiger partial charge in [0.15, 0.2) is 10.9 Å². The summed E-state index contributed by atoms with van der Waals surface area (Å²) < 4.78 is 47.4. The Hall–Kier alpha value is -1.88. The fourth-order valence-electron chi connectivity index (χ4n) is 3.29. The van der Waals surface area contributed by atoms with Crippen molar-refractivity contribution in [3.8, 4) is 5.75 Å². The number of benzene rings is 1. The minimum Gasteiger partial charge on any atom is -0.404 e. The van der Waals surface area contributed by atoms with Gasteiger partial charge in [-0.3, -0.25) is 4.90 Å². The normalized spacial score (nSPS) is 17.4. The molecule has 2 aromatic rings. The minimum absolute atomic E-state index is 0.0697. The van der Waals surface area contributed by atoms with Crippen LogP contribution in [0.2, 0.25) is 0 Å². The topological polar surface area (TPSA) is 45.8 Å². The van der Waals surface area contributed by atoms with Crippen LogP contribution in [-0.2, 0) is 4.74 Å². The molecular formula is C19H22F3N3O2S2. The van der Waals surface area contributed by atoms with Crippen LogP contribution in [0, 0.1) is 0 Å². The van der Waals surface area contributed by atoms with Crippen LogP contribution in [0.4, 0.5) is 18.9 Å². The molecule has 158 valence electrons. The standard InChI is InChI=1S/C19H22F3N3O2S2/c1-13(17(16-7-4-12-29-16)25-8-10-26-11-9-25)23-18(28)24-14-5-2-3-6-15(14)27-19(20,21)22/h2-7,12-13,17H,8-11H2,1H3,(H2,23,24,28)/t13-,17+/m0/s1. The third-order valence-corrected chi connectivity index (χ3v) is 5.63. The average Bonchev–Trinajstić information content (AvgIpc) is 3.17. The van der Waals surface area contributed by atoms with E-state index in [1.165, 1.54) is 23.1 Å². The maximum absolute atomic E-state index is 12.6. The number of ether oxygens (including phenoxy) is 2. The maximum Gasteiger partial charge on any atom is 0.573 e. The monoisotopic (exact) mass is 445 g/mol. The highest BCUT2D eigenvalue weighted by atomic mass is 32.1. The first-order valence-corrected chi connectivity index (χ1v) is 10.4. The van der Waals surface area contributed by atoms with Crippen LogP contribution < -0.4 is 15.4 Å². The molecule has 1 fully saturated rings. The predicted molar refractivity (Wildman–Crippen MR) is 111 cm³/mol. The largest absolute Gasteiger partial charge is 0.573 e. The van der Waals surface area contributed by atoms with Gasteiger partial charge in [0, 0.05) is 24.0 Å². The Morgan fingerprint density at radius 3 is 2.59 bits per heavy atom. The van der Waals surface area contributed by atoms with Gasteiger partial charge in [0.1, 0.15) is 0 Å². The molecule has 1 aliphatic heterocycles. The number of rotatable bonds is 6. The van der Waals surface area contributed by atoms with Gasteiger partial charge in [0.05, 0.1) is 24.9 Å². The molecule has 1 aromatic heterocycles. The summed E-state index contributed by atoms with van der Waals surface area (Å²) in [5.41, 5.74) is 0.147. The van der Waals surface area contributed by atoms with Gasteiger partial charge in [-0.25, -0.2) is 0 Å². The summed E-state index contributed by atoms with van der Waals surface area (Å²) in [4.78, 5) is 3.52. The highest BCUT2D eigenvalue weighted by molar-refractivity contribution is 7.80. The molecule has 0 aliphatic carbocycles. The summed E-state index contributed by atoms with van der Waals surface area (Å²) >= 11 is 7.03. The summed E-state index contributed by atoms with van der Waals surface area (Å²) in [6.45, 7) is 4.94. The molecule has 1 aliphatic rings. The van der Waals surface area contributed by atoms with E-state index in [1.54, 1.807) is 17.4 Å². The second-order valence-corrected chi connectivity index (χ2v) is 7.93. The molecule has 10 heteroatoms. The van der Waals surface area contributed by atoms with Gasteiger partial charge in [-0.2, -0.15) is 0 Å². The molecule has 3 rings (SSSR count). The highest BCUT2D eigenvalue weighted by Gasteiger charge is 2.32. The van der Waals surface area contributed by atoms with Gasteiger partial charge in [-0.15, -0.1) is 24.5 Å². The van der Waals surface area contributed by atoms with Gasteiger partial charge < -0.3 is 20.1 Å². The van der Waals surface area contributed by atoms with Crippen LogP contribution in [0.5, 0.6) is 5.75 Å². The smallest absolute Gasteiger partial charge is 0.404 e. The molecule has 0 saturated carbocycles. The van der Waals surface area contributed by atoms with Gasteiger partial charge in [0.25, 0.3) is 0 Å². The molecule has 0 bridgehead atoms. The lowest BCUT2D eigenvalue weighted by atomic mass is 10.1. The molecular weight excluding hydrogens is 423 g/mol. The van der Waals surface area contributed by atoms with Crippen molar-refractivity contribution in [2.24, 2.45) is 0 Å². The number of nitrogens with one attached hydrogen (secondary N) is 2. The van der Waals surface area contributed by atoms with Crippen molar-refractivity contribution < 1.29 is 22.6 Å². The molecule has 0 amide bonds. The zero-order valence-electron chi connectivity index (χ0n) is 15.7. The molecule has 5 nitrogen and oxygen atoms in total. The summed E-state index contributed by atoms with van der Waals surface area (Å²) in [5, 5.41) is 8.29. The Morgan fingerprint density at radius 2 is 1.93 bits per heavy atom. The zero-order chi connectivity index (χ0) is 20.9. The van der Waals surface area contributed by atoms with E-state index >= 15 is 0 Å². The van der Waals surface area contributed by atoms with E-state index in [1.807, 2.05) is 18.4 Å². The number of hydrogen-bond acceptors (Lipinski definition) is 5. The fourth-order valence-corrected chi connectivity index (χ4v) is 4.55. The van der Waals surface area contributed by atoms with Crippen molar-refractivity contribution in [1.82, 2.24) is 10.2 Å². The first kappa shape index (κ1) is 21.8. The first-order valence-electron chi connectivity index (χ1n) is 9.11. The van der Waals surface area contributed by atoms with Crippen LogP contribution in [0.25, 0.3) is 0 Å². The highest BCUT2D eigenvalue weighted by Crippen LogP contribution is 2.31. The molecule has 29 heavy (non-hydrogen) atoms. The van der Waals surface area contributed by atoms with Crippen LogP contribution in [0.3, 0.4) is 0 Å². The van der Waals surface area contributed by atoms with Crippen LogP contribution >= 0.6 is 23.6 Å². The number of thiophene rings is 1. The zero-order valence-corrected chi connectivity index (χ0v) is 17.4. The number of alkyl halides is 3. The number of morpholine rings is 1. The first-order chi connectivity index (χ1) is 13.8. The van der Waals surface area contributed by atoms with Crippen molar-refractivity contribution >= 4 is 34.4 Å². The Bertz CT molecular complexity index is 796. The van der Waals surface area contributed by atoms with Crippen LogP contribution in [0.15, 0.2) is 41.8 Å². The minimum atomic E-state index is -4.78. The van der Waals surface area contributed by atoms with Crippen molar-refractivity contribution in [2.45, 2.75) is 25.4 Å². The summed E-state index contributed by atoms with van der Waals surface area (Å²) in [7, 11) is 0. The lowest BCUT2D eigenvalue weighted by Crippen LogP contribution is -2.49. The lowest BCUT2D eigenvalue weighted by molar-refractivity contribution is -0.274. The number of thiocarbonyl (C=S) groups is 1. The maximum atomic E-state index is 12.6. The Labute approximate surface area is 176 Å². The third-order valence-electron chi connectivity index (χ3n) is 4.47. The summed E-state index contributed by atoms with van der Waals surface area (Å²) in [6, 6.07) is 9.87. The number of halogens is 3. The van der Waals surface area contributed by atoms with E-state index in [4.69, 9.17) is 17.0 Å². The molecule has 2 N–H and O–H groups in total. The quantitative estimate of drug-likeness (QED) is 0.643. The van der Waals surface area contributed by atoms with E-state index < -0.39 is 6.36 Å². The summed E-state index contributed by atoms with van der Waals surface area (Å²) in [6.07, 6.45) is -4.78. The predicted octanol–water partition coefficient (Wildman–Crippen LogP) is 4.40. The van der Waals surface area contributed by atoms with Crippen molar-refractivity contribution in [1.29, 1.82) is 0 Å². The van der Waals surface area contributed by atoms with Crippen molar-refractivity contribution in [3.05, 3.63) is 46.7 Å². The number of anilines is 1. The Kier molecular flexibility index (Phi) is 7.33. The number of hydrogen-bond donors (Lipinski definition) is 2. The molecule has 0 radical (unpaired) electrons. The molecule has 2 atom stereocenters. The summed E-state index contributed by atoms with van der Waals surface area (Å²) in [5.74, 6) is -0.334. The Balaban J connectivity index is 1.69. The van der Waals surface area contributed by atoms with Crippen LogP contribution in [-0.4, -0.2) is 48.7 Å². The van der Waals surface area contributed by atoms with E-state index in [2.05, 4.69) is 26.3 Å². The van der Waals surface area contributed by atoms with Gasteiger partial charge in [-0.1, -0.05) is 18.2 Å². The fraction of sp³-hybridized carbons (Fsp3) is 0.421.